The molecule has 0 spiro atoms. The van der Waals surface area contributed by atoms with E-state index in [4.69, 9.17) is 16.3 Å². The normalized spacial score (nSPS) is 12.2. The predicted octanol–water partition coefficient (Wildman–Crippen LogP) is 3.87. The highest BCUT2D eigenvalue weighted by molar-refractivity contribution is 7.89. The number of sulfonamides is 1. The Morgan fingerprint density at radius 1 is 1.09 bits per heavy atom. The molecular weight excluding hydrogens is 334 g/mol. The number of benzene rings is 2. The van der Waals surface area contributed by atoms with Gasteiger partial charge in [-0.25, -0.2) is 13.1 Å². The van der Waals surface area contributed by atoms with E-state index in [9.17, 15) is 8.42 Å². The van der Waals surface area contributed by atoms with E-state index in [1.54, 1.807) is 44.4 Å². The average Bonchev–Trinajstić information content (AvgIpc) is 2.46. The molecule has 2 rings (SSSR count). The number of aryl methyl sites for hydroxylation is 1. The largest absolute Gasteiger partial charge is 0.497 e. The van der Waals surface area contributed by atoms with Gasteiger partial charge in [0.1, 0.15) is 5.75 Å². The maximum Gasteiger partial charge on any atom is 0.241 e. The summed E-state index contributed by atoms with van der Waals surface area (Å²) in [6, 6.07) is 12.0. The summed E-state index contributed by atoms with van der Waals surface area (Å²) < 4.78 is 33.3. The van der Waals surface area contributed by atoms with Gasteiger partial charge in [0.2, 0.25) is 10.0 Å². The summed E-state index contributed by atoms with van der Waals surface area (Å²) in [5.74, 6) is 0.624. The molecule has 0 fully saturated rings. The third-order valence-electron chi connectivity index (χ3n) is 3.63. The highest BCUT2D eigenvalue weighted by Crippen LogP contribution is 2.27. The molecule has 0 heterocycles. The second-order valence-corrected chi connectivity index (χ2v) is 7.96. The standard InChI is InChI=1S/C17H20ClNO3S/c1-12-11-15(22-4)9-10-16(12)23(20,21)19-17(2,3)13-5-7-14(18)8-6-13/h5-11,19H,1-4H3. The van der Waals surface area contributed by atoms with Crippen molar-refractivity contribution in [3.63, 3.8) is 0 Å². The maximum absolute atomic E-state index is 12.7. The summed E-state index contributed by atoms with van der Waals surface area (Å²) in [5, 5.41) is 0.610. The van der Waals surface area contributed by atoms with Crippen molar-refractivity contribution >= 4 is 21.6 Å². The monoisotopic (exact) mass is 353 g/mol. The Morgan fingerprint density at radius 3 is 2.22 bits per heavy atom. The van der Waals surface area contributed by atoms with Crippen molar-refractivity contribution in [3.05, 3.63) is 58.6 Å². The first-order valence-electron chi connectivity index (χ1n) is 7.10. The first-order chi connectivity index (χ1) is 10.7. The number of rotatable bonds is 5. The zero-order valence-corrected chi connectivity index (χ0v) is 15.1. The van der Waals surface area contributed by atoms with Crippen LogP contribution in [0, 0.1) is 6.92 Å². The van der Waals surface area contributed by atoms with E-state index in [-0.39, 0.29) is 4.90 Å². The third-order valence-corrected chi connectivity index (χ3v) is 5.70. The number of ether oxygens (including phenoxy) is 1. The second kappa shape index (κ2) is 6.51. The Hall–Kier alpha value is -1.56. The summed E-state index contributed by atoms with van der Waals surface area (Å²) in [5.41, 5.74) is 0.691. The molecular formula is C17H20ClNO3S. The Bertz CT molecular complexity index is 799. The van der Waals surface area contributed by atoms with E-state index < -0.39 is 15.6 Å². The summed E-state index contributed by atoms with van der Waals surface area (Å²) in [7, 11) is -2.12. The quantitative estimate of drug-likeness (QED) is 0.887. The molecule has 0 atom stereocenters. The van der Waals surface area contributed by atoms with E-state index in [0.29, 0.717) is 16.3 Å². The molecule has 0 aliphatic heterocycles. The van der Waals surface area contributed by atoms with Gasteiger partial charge in [-0.05, 0) is 62.2 Å². The molecule has 6 heteroatoms. The molecule has 0 amide bonds. The van der Waals surface area contributed by atoms with Crippen LogP contribution in [0.15, 0.2) is 47.4 Å². The third kappa shape index (κ3) is 4.05. The highest BCUT2D eigenvalue weighted by atomic mass is 35.5. The van der Waals surface area contributed by atoms with Gasteiger partial charge in [-0.15, -0.1) is 0 Å². The molecule has 0 unspecified atom stereocenters. The maximum atomic E-state index is 12.7. The van der Waals surface area contributed by atoms with E-state index in [1.807, 2.05) is 26.0 Å². The molecule has 23 heavy (non-hydrogen) atoms. The van der Waals surface area contributed by atoms with E-state index >= 15 is 0 Å². The van der Waals surface area contributed by atoms with E-state index in [0.717, 1.165) is 5.56 Å². The molecule has 2 aromatic carbocycles. The Balaban J connectivity index is 2.35. The Kier molecular flexibility index (Phi) is 5.04. The molecule has 0 saturated carbocycles. The fourth-order valence-corrected chi connectivity index (χ4v) is 4.12. The van der Waals surface area contributed by atoms with Crippen molar-refractivity contribution in [1.29, 1.82) is 0 Å². The average molecular weight is 354 g/mol. The molecule has 0 aliphatic carbocycles. The number of methoxy groups -OCH3 is 1. The summed E-state index contributed by atoms with van der Waals surface area (Å²) in [4.78, 5) is 0.236. The van der Waals surface area contributed by atoms with Gasteiger partial charge >= 0.3 is 0 Å². The van der Waals surface area contributed by atoms with Gasteiger partial charge in [0.15, 0.2) is 0 Å². The van der Waals surface area contributed by atoms with Gasteiger partial charge in [0.25, 0.3) is 0 Å². The molecule has 2 aromatic rings. The fourth-order valence-electron chi connectivity index (χ4n) is 2.37. The SMILES string of the molecule is COc1ccc(S(=O)(=O)NC(C)(C)c2ccc(Cl)cc2)c(C)c1. The van der Waals surface area contributed by atoms with Gasteiger partial charge in [-0.1, -0.05) is 23.7 Å². The number of halogens is 1. The highest BCUT2D eigenvalue weighted by Gasteiger charge is 2.28. The molecule has 0 saturated heterocycles. The lowest BCUT2D eigenvalue weighted by Gasteiger charge is -2.27. The number of hydrogen-bond acceptors (Lipinski definition) is 3. The lowest BCUT2D eigenvalue weighted by molar-refractivity contribution is 0.414. The van der Waals surface area contributed by atoms with Crippen LogP contribution in [0.4, 0.5) is 0 Å². The van der Waals surface area contributed by atoms with Crippen molar-refractivity contribution in [3.8, 4) is 5.75 Å². The van der Waals surface area contributed by atoms with Crippen molar-refractivity contribution < 1.29 is 13.2 Å². The Labute approximate surface area is 142 Å². The van der Waals surface area contributed by atoms with Gasteiger partial charge < -0.3 is 4.74 Å². The Morgan fingerprint density at radius 2 is 1.70 bits per heavy atom. The lowest BCUT2D eigenvalue weighted by atomic mass is 9.96. The van der Waals surface area contributed by atoms with Crippen LogP contribution in [0.5, 0.6) is 5.75 Å². The lowest BCUT2D eigenvalue weighted by Crippen LogP contribution is -2.41. The topological polar surface area (TPSA) is 55.4 Å². The van der Waals surface area contributed by atoms with Crippen LogP contribution in [-0.4, -0.2) is 15.5 Å². The van der Waals surface area contributed by atoms with Crippen molar-refractivity contribution in [1.82, 2.24) is 4.72 Å². The van der Waals surface area contributed by atoms with Gasteiger partial charge in [-0.3, -0.25) is 0 Å². The molecule has 4 nitrogen and oxygen atoms in total. The molecule has 0 radical (unpaired) electrons. The van der Waals surface area contributed by atoms with Crippen molar-refractivity contribution in [2.24, 2.45) is 0 Å². The molecule has 0 bridgehead atoms. The zero-order chi connectivity index (χ0) is 17.3. The van der Waals surface area contributed by atoms with E-state index in [1.165, 1.54) is 0 Å². The van der Waals surface area contributed by atoms with Crippen LogP contribution in [0.3, 0.4) is 0 Å². The van der Waals surface area contributed by atoms with Crippen LogP contribution in [-0.2, 0) is 15.6 Å². The summed E-state index contributed by atoms with van der Waals surface area (Å²) >= 11 is 5.89. The zero-order valence-electron chi connectivity index (χ0n) is 13.6. The molecule has 1 N–H and O–H groups in total. The van der Waals surface area contributed by atoms with Gasteiger partial charge in [0.05, 0.1) is 17.5 Å². The first kappa shape index (κ1) is 17.8. The van der Waals surface area contributed by atoms with E-state index in [2.05, 4.69) is 4.72 Å². The van der Waals surface area contributed by atoms with Crippen LogP contribution in [0.25, 0.3) is 0 Å². The molecule has 0 aliphatic rings. The number of nitrogens with one attached hydrogen (secondary N) is 1. The summed E-state index contributed by atoms with van der Waals surface area (Å²) in [6.07, 6.45) is 0. The molecule has 0 aromatic heterocycles. The predicted molar refractivity (Wildman–Crippen MR) is 92.5 cm³/mol. The number of hydrogen-bond donors (Lipinski definition) is 1. The van der Waals surface area contributed by atoms with Gasteiger partial charge in [-0.2, -0.15) is 0 Å². The second-order valence-electron chi connectivity index (χ2n) is 5.87. The van der Waals surface area contributed by atoms with Crippen molar-refractivity contribution in [2.75, 3.05) is 7.11 Å². The van der Waals surface area contributed by atoms with Crippen molar-refractivity contribution in [2.45, 2.75) is 31.2 Å². The minimum atomic E-state index is -3.67. The minimum absolute atomic E-state index is 0.236. The molecule has 124 valence electrons. The first-order valence-corrected chi connectivity index (χ1v) is 8.96. The fraction of sp³-hybridized carbons (Fsp3) is 0.294. The van der Waals surface area contributed by atoms with Crippen LogP contribution in [0.1, 0.15) is 25.0 Å². The van der Waals surface area contributed by atoms with Gasteiger partial charge in [0, 0.05) is 5.02 Å². The van der Waals surface area contributed by atoms with Crippen LogP contribution < -0.4 is 9.46 Å². The minimum Gasteiger partial charge on any atom is -0.497 e. The summed E-state index contributed by atoms with van der Waals surface area (Å²) in [6.45, 7) is 5.37. The van der Waals surface area contributed by atoms with Crippen LogP contribution >= 0.6 is 11.6 Å². The van der Waals surface area contributed by atoms with Crippen LogP contribution in [0.2, 0.25) is 5.02 Å². The smallest absolute Gasteiger partial charge is 0.241 e.